The molecule has 222 valence electrons. The minimum Gasteiger partial charge on any atom is -0.465 e. The lowest BCUT2D eigenvalue weighted by molar-refractivity contribution is -0.137. The molecule has 0 aromatic heterocycles. The summed E-state index contributed by atoms with van der Waals surface area (Å²) in [5, 5.41) is 9.24. The molecular weight excluding hydrogens is 581 g/mol. The predicted octanol–water partition coefficient (Wildman–Crippen LogP) is 7.95. The Hall–Kier alpha value is -3.86. The first kappa shape index (κ1) is 29.6. The standard InChI is InChI=1S/C30H27ClF5N3O3/c1-42-28(41)17-7-12-23(20(13-17)30(34,35)36)37-27(40)26(16-5-3-2-4-6-16)29(18-8-10-19(31)11-9-18)38-24-14-21(32)22(33)15-25(24)39-29/h7-16,26,38-39H,2-6H2,1H3,(H,37,40). The van der Waals surface area contributed by atoms with Gasteiger partial charge in [-0.1, -0.05) is 43.0 Å². The molecule has 1 fully saturated rings. The second-order valence-electron chi connectivity index (χ2n) is 10.5. The molecule has 5 rings (SSSR count). The molecule has 3 aromatic carbocycles. The van der Waals surface area contributed by atoms with E-state index >= 15 is 0 Å². The molecule has 2 aliphatic rings. The molecule has 6 nitrogen and oxygen atoms in total. The molecule has 0 radical (unpaired) electrons. The molecule has 42 heavy (non-hydrogen) atoms. The number of rotatable bonds is 6. The fourth-order valence-electron chi connectivity index (χ4n) is 5.98. The van der Waals surface area contributed by atoms with Gasteiger partial charge in [0.15, 0.2) is 11.6 Å². The number of alkyl halides is 3. The van der Waals surface area contributed by atoms with E-state index in [0.717, 1.165) is 50.6 Å². The first-order chi connectivity index (χ1) is 19.9. The number of carbonyl (C=O) groups is 2. The van der Waals surface area contributed by atoms with Gasteiger partial charge in [-0.3, -0.25) is 4.79 Å². The van der Waals surface area contributed by atoms with Gasteiger partial charge < -0.3 is 20.7 Å². The Kier molecular flexibility index (Phi) is 8.06. The van der Waals surface area contributed by atoms with Crippen LogP contribution in [0, 0.1) is 23.5 Å². The lowest BCUT2D eigenvalue weighted by Crippen LogP contribution is -2.54. The number of carbonyl (C=O) groups excluding carboxylic acids is 2. The van der Waals surface area contributed by atoms with E-state index in [4.69, 9.17) is 11.6 Å². The number of hydrogen-bond acceptors (Lipinski definition) is 5. The minimum atomic E-state index is -4.91. The Morgan fingerprint density at radius 1 is 0.952 bits per heavy atom. The molecule has 1 unspecified atom stereocenters. The number of nitrogens with one attached hydrogen (secondary N) is 3. The van der Waals surface area contributed by atoms with Crippen molar-refractivity contribution in [2.75, 3.05) is 23.1 Å². The fourth-order valence-corrected chi connectivity index (χ4v) is 6.10. The number of amides is 1. The normalized spacial score (nSPS) is 17.0. The summed E-state index contributed by atoms with van der Waals surface area (Å²) in [5.41, 5.74) is -2.72. The summed E-state index contributed by atoms with van der Waals surface area (Å²) in [5.74, 6) is -5.29. The van der Waals surface area contributed by atoms with Crippen molar-refractivity contribution in [3.05, 3.63) is 87.9 Å². The zero-order valence-electron chi connectivity index (χ0n) is 22.4. The van der Waals surface area contributed by atoms with Gasteiger partial charge in [-0.25, -0.2) is 13.6 Å². The van der Waals surface area contributed by atoms with E-state index in [1.165, 1.54) is 0 Å². The van der Waals surface area contributed by atoms with Crippen LogP contribution in [0.4, 0.5) is 39.0 Å². The summed E-state index contributed by atoms with van der Waals surface area (Å²) in [6, 6.07) is 11.2. The van der Waals surface area contributed by atoms with Crippen molar-refractivity contribution in [2.24, 2.45) is 11.8 Å². The van der Waals surface area contributed by atoms with Crippen LogP contribution >= 0.6 is 11.6 Å². The third kappa shape index (κ3) is 5.62. The van der Waals surface area contributed by atoms with Crippen molar-refractivity contribution >= 4 is 40.5 Å². The Labute approximate surface area is 243 Å². The van der Waals surface area contributed by atoms with E-state index in [1.807, 2.05) is 0 Å². The molecule has 1 heterocycles. The van der Waals surface area contributed by atoms with E-state index in [9.17, 15) is 31.5 Å². The molecule has 12 heteroatoms. The van der Waals surface area contributed by atoms with Crippen LogP contribution < -0.4 is 16.0 Å². The highest BCUT2D eigenvalue weighted by atomic mass is 35.5. The van der Waals surface area contributed by atoms with Crippen LogP contribution in [0.5, 0.6) is 0 Å². The molecule has 0 saturated heterocycles. The maximum Gasteiger partial charge on any atom is 0.418 e. The number of methoxy groups -OCH3 is 1. The monoisotopic (exact) mass is 607 g/mol. The van der Waals surface area contributed by atoms with Crippen molar-refractivity contribution in [3.63, 3.8) is 0 Å². The van der Waals surface area contributed by atoms with Gasteiger partial charge in [0.2, 0.25) is 5.91 Å². The number of benzene rings is 3. The van der Waals surface area contributed by atoms with E-state index in [0.29, 0.717) is 29.5 Å². The zero-order valence-corrected chi connectivity index (χ0v) is 23.1. The summed E-state index contributed by atoms with van der Waals surface area (Å²) in [4.78, 5) is 26.2. The minimum absolute atomic E-state index is 0.191. The molecular formula is C30H27ClF5N3O3. The van der Waals surface area contributed by atoms with Crippen LogP contribution in [0.2, 0.25) is 5.02 Å². The van der Waals surface area contributed by atoms with Crippen molar-refractivity contribution < 1.29 is 36.3 Å². The molecule has 0 bridgehead atoms. The topological polar surface area (TPSA) is 79.5 Å². The highest BCUT2D eigenvalue weighted by Gasteiger charge is 2.52. The third-order valence-electron chi connectivity index (χ3n) is 7.90. The largest absolute Gasteiger partial charge is 0.465 e. The highest BCUT2D eigenvalue weighted by Crippen LogP contribution is 2.50. The van der Waals surface area contributed by atoms with Gasteiger partial charge in [0.05, 0.1) is 41.2 Å². The van der Waals surface area contributed by atoms with Gasteiger partial charge in [0.1, 0.15) is 5.66 Å². The highest BCUT2D eigenvalue weighted by molar-refractivity contribution is 6.30. The van der Waals surface area contributed by atoms with Gasteiger partial charge in [0, 0.05) is 17.2 Å². The van der Waals surface area contributed by atoms with Gasteiger partial charge in [-0.05, 0) is 54.7 Å². The summed E-state index contributed by atoms with van der Waals surface area (Å²) in [6.07, 6.45) is -1.18. The zero-order chi connectivity index (χ0) is 30.2. The number of esters is 1. The van der Waals surface area contributed by atoms with Crippen LogP contribution in [0.3, 0.4) is 0 Å². The van der Waals surface area contributed by atoms with Crippen LogP contribution in [-0.2, 0) is 21.4 Å². The summed E-state index contributed by atoms with van der Waals surface area (Å²) in [6.45, 7) is 0. The Balaban J connectivity index is 1.63. The molecule has 3 N–H and O–H groups in total. The van der Waals surface area contributed by atoms with Crippen molar-refractivity contribution in [2.45, 2.75) is 43.9 Å². The third-order valence-corrected chi connectivity index (χ3v) is 8.15. The lowest BCUT2D eigenvalue weighted by atomic mass is 9.71. The van der Waals surface area contributed by atoms with Crippen LogP contribution in [0.1, 0.15) is 53.6 Å². The number of hydrogen-bond donors (Lipinski definition) is 3. The quantitative estimate of drug-likeness (QED) is 0.196. The molecule has 1 atom stereocenters. The Morgan fingerprint density at radius 3 is 2.10 bits per heavy atom. The summed E-state index contributed by atoms with van der Waals surface area (Å²) >= 11 is 6.14. The molecule has 3 aromatic rings. The molecule has 1 aliphatic heterocycles. The second-order valence-corrected chi connectivity index (χ2v) is 10.9. The molecule has 0 spiro atoms. The first-order valence-electron chi connectivity index (χ1n) is 13.3. The maximum absolute atomic E-state index is 14.3. The van der Waals surface area contributed by atoms with Gasteiger partial charge in [-0.15, -0.1) is 0 Å². The number of halogens is 6. The number of anilines is 3. The fraction of sp³-hybridized carbons (Fsp3) is 0.333. The second kappa shape index (κ2) is 11.4. The van der Waals surface area contributed by atoms with E-state index in [-0.39, 0.29) is 22.9 Å². The lowest BCUT2D eigenvalue weighted by Gasteiger charge is -2.43. The van der Waals surface area contributed by atoms with Gasteiger partial charge in [-0.2, -0.15) is 13.2 Å². The van der Waals surface area contributed by atoms with Crippen LogP contribution in [-0.4, -0.2) is 19.0 Å². The average Bonchev–Trinajstić information content (AvgIpc) is 3.31. The summed E-state index contributed by atoms with van der Waals surface area (Å²) in [7, 11) is 1.05. The SMILES string of the molecule is COC(=O)c1ccc(NC(=O)C(C2CCCCC2)C2(c3ccc(Cl)cc3)Nc3cc(F)c(F)cc3N2)c(C(F)(F)F)c1. The Bertz CT molecular complexity index is 1480. The predicted molar refractivity (Wildman–Crippen MR) is 148 cm³/mol. The molecule has 1 amide bonds. The van der Waals surface area contributed by atoms with Crippen molar-refractivity contribution in [1.29, 1.82) is 0 Å². The van der Waals surface area contributed by atoms with E-state index in [2.05, 4.69) is 20.7 Å². The number of fused-ring (bicyclic) bond motifs is 1. The van der Waals surface area contributed by atoms with Crippen LogP contribution in [0.25, 0.3) is 0 Å². The maximum atomic E-state index is 14.3. The molecule has 1 aliphatic carbocycles. The number of ether oxygens (including phenoxy) is 1. The van der Waals surface area contributed by atoms with Crippen LogP contribution in [0.15, 0.2) is 54.6 Å². The van der Waals surface area contributed by atoms with E-state index < -0.39 is 52.5 Å². The van der Waals surface area contributed by atoms with Gasteiger partial charge >= 0.3 is 12.1 Å². The van der Waals surface area contributed by atoms with Crippen molar-refractivity contribution in [3.8, 4) is 0 Å². The van der Waals surface area contributed by atoms with Crippen molar-refractivity contribution in [1.82, 2.24) is 0 Å². The summed E-state index contributed by atoms with van der Waals surface area (Å²) < 4.78 is 75.5. The smallest absolute Gasteiger partial charge is 0.418 e. The van der Waals surface area contributed by atoms with Gasteiger partial charge in [0.25, 0.3) is 0 Å². The Morgan fingerprint density at radius 2 is 1.55 bits per heavy atom. The van der Waals surface area contributed by atoms with E-state index in [1.54, 1.807) is 24.3 Å². The molecule has 1 saturated carbocycles. The first-order valence-corrected chi connectivity index (χ1v) is 13.7. The average molecular weight is 608 g/mol.